The minimum atomic E-state index is -4.95. The van der Waals surface area contributed by atoms with Crippen LogP contribution in [0.2, 0.25) is 0 Å². The van der Waals surface area contributed by atoms with Crippen LogP contribution in [0, 0.1) is 17.8 Å². The number of aliphatic hydroxyl groups excluding tert-OH is 1. The van der Waals surface area contributed by atoms with Crippen LogP contribution >= 0.6 is 15.6 Å². The fraction of sp³-hybridized carbons (Fsp3) is 0.944. The molecule has 17 nitrogen and oxygen atoms in total. The molecule has 0 spiro atoms. The molecular formula is C71H138O17P2. The van der Waals surface area contributed by atoms with Crippen LogP contribution in [0.4, 0.5) is 0 Å². The van der Waals surface area contributed by atoms with Gasteiger partial charge in [-0.05, 0) is 43.4 Å². The van der Waals surface area contributed by atoms with E-state index >= 15 is 0 Å². The third-order valence-electron chi connectivity index (χ3n) is 16.4. The number of phosphoric ester groups is 2. The SMILES string of the molecule is CCCCCCCCCCCCCCCCCCCCCC(=O)O[C@H](COC(=O)CCCCCCCCCCC(C)C)COP(=O)(O)OC[C@@H](O)COP(=O)(O)OC[C@@H](COC(=O)CCCCCCCCC(C)C)OC(=O)CCCCCCCCCCC(C)C. The zero-order valence-electron chi connectivity index (χ0n) is 58.6. The fourth-order valence-corrected chi connectivity index (χ4v) is 12.3. The van der Waals surface area contributed by atoms with E-state index in [9.17, 15) is 43.2 Å². The molecule has 0 rings (SSSR count). The van der Waals surface area contributed by atoms with Crippen molar-refractivity contribution in [3.05, 3.63) is 0 Å². The van der Waals surface area contributed by atoms with E-state index in [-0.39, 0.29) is 25.7 Å². The Kier molecular flexibility index (Phi) is 60.6. The van der Waals surface area contributed by atoms with Crippen LogP contribution in [0.5, 0.6) is 0 Å². The number of phosphoric acid groups is 2. The number of aliphatic hydroxyl groups is 1. The van der Waals surface area contributed by atoms with Gasteiger partial charge in [0.05, 0.1) is 26.4 Å². The van der Waals surface area contributed by atoms with Crippen LogP contribution in [-0.2, 0) is 65.4 Å². The van der Waals surface area contributed by atoms with Gasteiger partial charge in [-0.15, -0.1) is 0 Å². The largest absolute Gasteiger partial charge is 0.472 e. The van der Waals surface area contributed by atoms with Crippen molar-refractivity contribution >= 4 is 39.5 Å². The van der Waals surface area contributed by atoms with Crippen molar-refractivity contribution in [2.75, 3.05) is 39.6 Å². The molecule has 0 aromatic heterocycles. The van der Waals surface area contributed by atoms with Crippen LogP contribution < -0.4 is 0 Å². The minimum absolute atomic E-state index is 0.103. The van der Waals surface area contributed by atoms with Crippen LogP contribution in [0.25, 0.3) is 0 Å². The lowest BCUT2D eigenvalue weighted by Gasteiger charge is -2.21. The summed E-state index contributed by atoms with van der Waals surface area (Å²) in [5.74, 6) is -0.00624. The molecule has 0 fully saturated rings. The van der Waals surface area contributed by atoms with Crippen LogP contribution in [0.15, 0.2) is 0 Å². The standard InChI is InChI=1S/C71H138O17P2/c1-8-9-10-11-12-13-14-15-16-17-18-19-20-21-22-23-31-40-47-54-70(75)87-66(58-81-68(73)52-45-38-30-26-24-28-35-42-49-62(2)3)60-85-89(77,78)83-56-65(72)57-84-90(79,80)86-61-67(59-82-69(74)53-46-39-34-33-37-44-51-64(6)7)88-71(76)55-48-41-32-27-25-29-36-43-50-63(4)5/h62-67,72H,8-61H2,1-7H3,(H,77,78)(H,79,80)/t65-,66-,67-/m1/s1. The normalized spacial score (nSPS) is 14.2. The Labute approximate surface area is 549 Å². The molecule has 0 aromatic rings. The molecule has 0 saturated heterocycles. The summed E-state index contributed by atoms with van der Waals surface area (Å²) < 4.78 is 68.2. The molecule has 0 bridgehead atoms. The first-order valence-corrected chi connectivity index (χ1v) is 39.8. The third-order valence-corrected chi connectivity index (χ3v) is 18.3. The maximum absolute atomic E-state index is 13.0. The summed E-state index contributed by atoms with van der Waals surface area (Å²) in [4.78, 5) is 72.5. The molecule has 90 heavy (non-hydrogen) atoms. The lowest BCUT2D eigenvalue weighted by Crippen LogP contribution is -2.30. The van der Waals surface area contributed by atoms with Gasteiger partial charge in [0, 0.05) is 25.7 Å². The Morgan fingerprint density at radius 2 is 0.511 bits per heavy atom. The molecule has 0 amide bonds. The van der Waals surface area contributed by atoms with Crippen molar-refractivity contribution in [1.29, 1.82) is 0 Å². The zero-order chi connectivity index (χ0) is 66.6. The number of hydrogen-bond donors (Lipinski definition) is 3. The molecule has 0 radical (unpaired) electrons. The monoisotopic (exact) mass is 1320 g/mol. The molecule has 534 valence electrons. The minimum Gasteiger partial charge on any atom is -0.462 e. The van der Waals surface area contributed by atoms with Crippen LogP contribution in [0.3, 0.4) is 0 Å². The van der Waals surface area contributed by atoms with Crippen molar-refractivity contribution in [2.24, 2.45) is 17.8 Å². The number of unbranched alkanes of at least 4 members (excludes halogenated alkanes) is 37. The molecular weight excluding hydrogens is 1190 g/mol. The first-order valence-electron chi connectivity index (χ1n) is 36.8. The van der Waals surface area contributed by atoms with Gasteiger partial charge in [-0.3, -0.25) is 37.3 Å². The van der Waals surface area contributed by atoms with Gasteiger partial charge < -0.3 is 33.8 Å². The highest BCUT2D eigenvalue weighted by Crippen LogP contribution is 2.45. The summed E-state index contributed by atoms with van der Waals surface area (Å²) in [6, 6.07) is 0. The van der Waals surface area contributed by atoms with Crippen molar-refractivity contribution in [3.63, 3.8) is 0 Å². The molecule has 19 heteroatoms. The number of rotatable bonds is 69. The van der Waals surface area contributed by atoms with Crippen LogP contribution in [-0.4, -0.2) is 96.7 Å². The number of esters is 4. The molecule has 0 aliphatic carbocycles. The molecule has 0 aliphatic heterocycles. The lowest BCUT2D eigenvalue weighted by molar-refractivity contribution is -0.161. The van der Waals surface area contributed by atoms with Gasteiger partial charge in [0.2, 0.25) is 0 Å². The summed E-state index contributed by atoms with van der Waals surface area (Å²) in [6.45, 7) is 11.7. The Morgan fingerprint density at radius 3 is 0.756 bits per heavy atom. The van der Waals surface area contributed by atoms with E-state index in [1.807, 2.05) is 0 Å². The van der Waals surface area contributed by atoms with E-state index < -0.39 is 97.5 Å². The van der Waals surface area contributed by atoms with Crippen LogP contribution in [0.1, 0.15) is 357 Å². The fourth-order valence-electron chi connectivity index (χ4n) is 10.7. The quantitative estimate of drug-likeness (QED) is 0.0222. The van der Waals surface area contributed by atoms with E-state index in [0.717, 1.165) is 108 Å². The Morgan fingerprint density at radius 1 is 0.300 bits per heavy atom. The highest BCUT2D eigenvalue weighted by Gasteiger charge is 2.30. The smallest absolute Gasteiger partial charge is 0.462 e. The van der Waals surface area contributed by atoms with E-state index in [1.54, 1.807) is 0 Å². The van der Waals surface area contributed by atoms with Crippen molar-refractivity contribution in [3.8, 4) is 0 Å². The van der Waals surface area contributed by atoms with Gasteiger partial charge in [0.15, 0.2) is 12.2 Å². The Balaban J connectivity index is 5.20. The molecule has 0 heterocycles. The molecule has 5 atom stereocenters. The second-order valence-electron chi connectivity index (χ2n) is 27.1. The highest BCUT2D eigenvalue weighted by molar-refractivity contribution is 7.47. The van der Waals surface area contributed by atoms with Gasteiger partial charge in [0.1, 0.15) is 19.3 Å². The van der Waals surface area contributed by atoms with E-state index in [2.05, 4.69) is 48.5 Å². The second-order valence-corrected chi connectivity index (χ2v) is 30.0. The number of ether oxygens (including phenoxy) is 4. The number of hydrogen-bond acceptors (Lipinski definition) is 15. The average Bonchev–Trinajstić information content (AvgIpc) is 3.16. The lowest BCUT2D eigenvalue weighted by atomic mass is 10.0. The molecule has 0 aromatic carbocycles. The van der Waals surface area contributed by atoms with E-state index in [0.29, 0.717) is 31.6 Å². The molecule has 3 N–H and O–H groups in total. The summed E-state index contributed by atoms with van der Waals surface area (Å²) in [5.41, 5.74) is 0. The number of carbonyl (C=O) groups excluding carboxylic acids is 4. The van der Waals surface area contributed by atoms with Crippen molar-refractivity contribution in [1.82, 2.24) is 0 Å². The topological polar surface area (TPSA) is 237 Å². The molecule has 2 unspecified atom stereocenters. The van der Waals surface area contributed by atoms with E-state index in [4.69, 9.17) is 37.0 Å². The maximum atomic E-state index is 13.0. The first-order chi connectivity index (χ1) is 43.2. The first kappa shape index (κ1) is 88.1. The van der Waals surface area contributed by atoms with Gasteiger partial charge in [-0.2, -0.15) is 0 Å². The predicted octanol–water partition coefficient (Wildman–Crippen LogP) is 20.2. The Hall–Kier alpha value is -1.94. The number of carbonyl (C=O) groups is 4. The van der Waals surface area contributed by atoms with E-state index in [1.165, 1.54) is 161 Å². The van der Waals surface area contributed by atoms with Crippen molar-refractivity contribution < 1.29 is 80.2 Å². The van der Waals surface area contributed by atoms with Gasteiger partial charge in [-0.25, -0.2) is 9.13 Å². The Bertz CT molecular complexity index is 1770. The van der Waals surface area contributed by atoms with Crippen molar-refractivity contribution in [2.45, 2.75) is 375 Å². The van der Waals surface area contributed by atoms with Gasteiger partial charge in [-0.1, -0.05) is 305 Å². The predicted molar refractivity (Wildman–Crippen MR) is 363 cm³/mol. The second kappa shape index (κ2) is 61.9. The van der Waals surface area contributed by atoms with Gasteiger partial charge in [0.25, 0.3) is 0 Å². The van der Waals surface area contributed by atoms with Gasteiger partial charge >= 0.3 is 39.5 Å². The highest BCUT2D eigenvalue weighted by atomic mass is 31.2. The molecule has 0 saturated carbocycles. The summed E-state index contributed by atoms with van der Waals surface area (Å²) in [5, 5.41) is 10.6. The molecule has 0 aliphatic rings. The maximum Gasteiger partial charge on any atom is 0.472 e. The summed E-state index contributed by atoms with van der Waals surface area (Å²) in [6.07, 6.45) is 46.2. The average molecular weight is 1330 g/mol. The zero-order valence-corrected chi connectivity index (χ0v) is 60.4. The summed E-state index contributed by atoms with van der Waals surface area (Å²) >= 11 is 0. The third kappa shape index (κ3) is 64.8. The summed E-state index contributed by atoms with van der Waals surface area (Å²) in [7, 11) is -9.90.